The third kappa shape index (κ3) is 3.30. The number of rotatable bonds is 3. The van der Waals surface area contributed by atoms with Crippen LogP contribution in [-0.2, 0) is 4.74 Å². The third-order valence-corrected chi connectivity index (χ3v) is 6.34. The summed E-state index contributed by atoms with van der Waals surface area (Å²) < 4.78 is 6.10. The van der Waals surface area contributed by atoms with Crippen LogP contribution in [0.4, 0.5) is 0 Å². The van der Waals surface area contributed by atoms with Crippen molar-refractivity contribution in [2.24, 2.45) is 11.8 Å². The summed E-state index contributed by atoms with van der Waals surface area (Å²) in [7, 11) is 0. The summed E-state index contributed by atoms with van der Waals surface area (Å²) in [4.78, 5) is 2.81. The van der Waals surface area contributed by atoms with Gasteiger partial charge in [0.05, 0.1) is 6.10 Å². The van der Waals surface area contributed by atoms with Crippen molar-refractivity contribution in [3.05, 3.63) is 0 Å². The van der Waals surface area contributed by atoms with Crippen LogP contribution in [0.25, 0.3) is 0 Å². The minimum Gasteiger partial charge on any atom is -0.376 e. The zero-order chi connectivity index (χ0) is 14.1. The lowest BCUT2D eigenvalue weighted by molar-refractivity contribution is 0.0421. The molecule has 3 atom stereocenters. The van der Waals surface area contributed by atoms with Crippen molar-refractivity contribution in [1.82, 2.24) is 10.2 Å². The lowest BCUT2D eigenvalue weighted by Crippen LogP contribution is -2.49. The Bertz CT molecular complexity index is 338. The molecular weight excluding hydrogens is 260 g/mol. The Labute approximate surface area is 129 Å². The predicted molar refractivity (Wildman–Crippen MR) is 85.4 cm³/mol. The number of nitrogens with zero attached hydrogens (tertiary/aromatic N) is 1. The van der Waals surface area contributed by atoms with Crippen molar-refractivity contribution < 1.29 is 4.74 Å². The Morgan fingerprint density at radius 1 is 0.857 bits per heavy atom. The summed E-state index contributed by atoms with van der Waals surface area (Å²) in [6.07, 6.45) is 13.3. The zero-order valence-corrected chi connectivity index (χ0v) is 13.4. The van der Waals surface area contributed by atoms with Crippen LogP contribution in [0.5, 0.6) is 0 Å². The summed E-state index contributed by atoms with van der Waals surface area (Å²) in [6, 6.07) is 1.47. The van der Waals surface area contributed by atoms with Gasteiger partial charge >= 0.3 is 0 Å². The minimum atomic E-state index is 0.565. The van der Waals surface area contributed by atoms with Crippen LogP contribution in [0.1, 0.15) is 57.8 Å². The first-order chi connectivity index (χ1) is 10.4. The van der Waals surface area contributed by atoms with E-state index in [1.807, 2.05) is 0 Å². The third-order valence-electron chi connectivity index (χ3n) is 6.34. The van der Waals surface area contributed by atoms with Gasteiger partial charge in [-0.25, -0.2) is 0 Å². The van der Waals surface area contributed by atoms with Gasteiger partial charge < -0.3 is 10.1 Å². The lowest BCUT2D eigenvalue weighted by Gasteiger charge is -2.36. The van der Waals surface area contributed by atoms with Gasteiger partial charge in [-0.1, -0.05) is 19.3 Å². The quantitative estimate of drug-likeness (QED) is 0.865. The van der Waals surface area contributed by atoms with E-state index >= 15 is 0 Å². The number of hydrogen-bond donors (Lipinski definition) is 1. The Kier molecular flexibility index (Phi) is 4.52. The van der Waals surface area contributed by atoms with Crippen LogP contribution in [-0.4, -0.2) is 49.3 Å². The predicted octanol–water partition coefficient (Wildman–Crippen LogP) is 2.80. The molecule has 4 rings (SSSR count). The summed E-state index contributed by atoms with van der Waals surface area (Å²) in [5.74, 6) is 1.82. The van der Waals surface area contributed by atoms with Gasteiger partial charge in [0, 0.05) is 25.2 Å². The Balaban J connectivity index is 1.41. The molecule has 0 spiro atoms. The first-order valence-electron chi connectivity index (χ1n) is 9.51. The van der Waals surface area contributed by atoms with Crippen molar-refractivity contribution in [3.63, 3.8) is 0 Å². The molecule has 2 heterocycles. The highest BCUT2D eigenvalue weighted by molar-refractivity contribution is 4.97. The first-order valence-corrected chi connectivity index (χ1v) is 9.51. The standard InChI is InChI=1S/C18H32N2O/c1-2-5-14(6-3-1)16-13-20(11-4-10-19-16)17-9-12-21-18(17)15-7-8-15/h14-19H,1-13H2. The Morgan fingerprint density at radius 3 is 2.52 bits per heavy atom. The van der Waals surface area contributed by atoms with Gasteiger partial charge in [0.15, 0.2) is 0 Å². The molecule has 2 saturated carbocycles. The molecule has 120 valence electrons. The molecule has 4 aliphatic rings. The molecule has 0 amide bonds. The van der Waals surface area contributed by atoms with E-state index in [1.54, 1.807) is 0 Å². The highest BCUT2D eigenvalue weighted by Gasteiger charge is 2.43. The van der Waals surface area contributed by atoms with E-state index < -0.39 is 0 Å². The summed E-state index contributed by atoms with van der Waals surface area (Å²) >= 11 is 0. The van der Waals surface area contributed by atoms with Crippen LogP contribution in [0.3, 0.4) is 0 Å². The second kappa shape index (κ2) is 6.55. The number of hydrogen-bond acceptors (Lipinski definition) is 3. The Morgan fingerprint density at radius 2 is 1.71 bits per heavy atom. The van der Waals surface area contributed by atoms with E-state index in [2.05, 4.69) is 10.2 Å². The maximum absolute atomic E-state index is 6.10. The fourth-order valence-corrected chi connectivity index (χ4v) is 5.00. The molecule has 3 unspecified atom stereocenters. The summed E-state index contributed by atoms with van der Waals surface area (Å²) in [6.45, 7) is 4.79. The maximum Gasteiger partial charge on any atom is 0.0759 e. The van der Waals surface area contributed by atoms with Crippen LogP contribution < -0.4 is 5.32 Å². The van der Waals surface area contributed by atoms with Gasteiger partial charge in [-0.3, -0.25) is 4.90 Å². The van der Waals surface area contributed by atoms with Crippen LogP contribution in [0.2, 0.25) is 0 Å². The molecule has 1 N–H and O–H groups in total. The average molecular weight is 292 g/mol. The normalized spacial score (nSPS) is 40.3. The van der Waals surface area contributed by atoms with Gasteiger partial charge in [-0.15, -0.1) is 0 Å². The molecular formula is C18H32N2O. The van der Waals surface area contributed by atoms with Crippen molar-refractivity contribution in [2.45, 2.75) is 76.0 Å². The van der Waals surface area contributed by atoms with Crippen molar-refractivity contribution in [1.29, 1.82) is 0 Å². The second-order valence-electron chi connectivity index (χ2n) is 7.84. The second-order valence-corrected chi connectivity index (χ2v) is 7.84. The van der Waals surface area contributed by atoms with Crippen LogP contribution >= 0.6 is 0 Å². The molecule has 0 aromatic heterocycles. The minimum absolute atomic E-state index is 0.565. The highest BCUT2D eigenvalue weighted by Crippen LogP contribution is 2.40. The van der Waals surface area contributed by atoms with E-state index in [0.29, 0.717) is 6.10 Å². The van der Waals surface area contributed by atoms with E-state index in [4.69, 9.17) is 4.74 Å². The number of nitrogens with one attached hydrogen (secondary N) is 1. The topological polar surface area (TPSA) is 24.5 Å². The molecule has 0 aromatic carbocycles. The first kappa shape index (κ1) is 14.5. The molecule has 4 fully saturated rings. The zero-order valence-electron chi connectivity index (χ0n) is 13.4. The maximum atomic E-state index is 6.10. The molecule has 0 radical (unpaired) electrons. The lowest BCUT2D eigenvalue weighted by atomic mass is 9.83. The summed E-state index contributed by atoms with van der Waals surface area (Å²) in [5.41, 5.74) is 0. The largest absolute Gasteiger partial charge is 0.376 e. The van der Waals surface area contributed by atoms with Crippen LogP contribution in [0.15, 0.2) is 0 Å². The average Bonchev–Trinajstić information content (AvgIpc) is 3.31. The fourth-order valence-electron chi connectivity index (χ4n) is 5.00. The van der Waals surface area contributed by atoms with E-state index in [0.717, 1.165) is 30.5 Å². The SMILES string of the molecule is C1CCC(C2CN(C3CCOC3C3CC3)CCCN2)CC1. The molecule has 0 bridgehead atoms. The van der Waals surface area contributed by atoms with Gasteiger partial charge in [0.1, 0.15) is 0 Å². The monoisotopic (exact) mass is 292 g/mol. The summed E-state index contributed by atoms with van der Waals surface area (Å²) in [5, 5.41) is 3.88. The highest BCUT2D eigenvalue weighted by atomic mass is 16.5. The number of ether oxygens (including phenoxy) is 1. The van der Waals surface area contributed by atoms with Gasteiger partial charge in [-0.05, 0) is 63.5 Å². The van der Waals surface area contributed by atoms with Gasteiger partial charge in [0.2, 0.25) is 0 Å². The smallest absolute Gasteiger partial charge is 0.0759 e. The van der Waals surface area contributed by atoms with E-state index in [1.165, 1.54) is 77.4 Å². The fraction of sp³-hybridized carbons (Fsp3) is 1.00. The van der Waals surface area contributed by atoms with Crippen LogP contribution in [0, 0.1) is 11.8 Å². The van der Waals surface area contributed by atoms with Gasteiger partial charge in [0.25, 0.3) is 0 Å². The molecule has 3 heteroatoms. The van der Waals surface area contributed by atoms with Crippen molar-refractivity contribution >= 4 is 0 Å². The molecule has 21 heavy (non-hydrogen) atoms. The van der Waals surface area contributed by atoms with Crippen molar-refractivity contribution in [2.75, 3.05) is 26.2 Å². The Hall–Kier alpha value is -0.120. The molecule has 3 nitrogen and oxygen atoms in total. The molecule has 2 saturated heterocycles. The molecule has 2 aliphatic carbocycles. The van der Waals surface area contributed by atoms with Crippen molar-refractivity contribution in [3.8, 4) is 0 Å². The molecule has 2 aliphatic heterocycles. The van der Waals surface area contributed by atoms with E-state index in [9.17, 15) is 0 Å². The molecule has 0 aromatic rings. The van der Waals surface area contributed by atoms with Gasteiger partial charge in [-0.2, -0.15) is 0 Å². The van der Waals surface area contributed by atoms with E-state index in [-0.39, 0.29) is 0 Å².